The van der Waals surface area contributed by atoms with E-state index in [0.717, 1.165) is 34.6 Å². The molecule has 0 spiro atoms. The minimum atomic E-state index is 0.465. The molecule has 200 valence electrons. The van der Waals surface area contributed by atoms with Crippen LogP contribution in [0.1, 0.15) is 63.6 Å². The first-order valence-electron chi connectivity index (χ1n) is 14.5. The van der Waals surface area contributed by atoms with Crippen molar-refractivity contribution in [2.75, 3.05) is 39.3 Å². The van der Waals surface area contributed by atoms with Crippen LogP contribution in [0.25, 0.3) is 11.0 Å². The average Bonchev–Trinajstić information content (AvgIpc) is 3.29. The summed E-state index contributed by atoms with van der Waals surface area (Å²) in [7, 11) is 0. The Morgan fingerprint density at radius 2 is 1.49 bits per heavy atom. The maximum absolute atomic E-state index is 6.05. The van der Waals surface area contributed by atoms with Crippen LogP contribution in [-0.4, -0.2) is 58.6 Å². The van der Waals surface area contributed by atoms with Crippen molar-refractivity contribution in [1.29, 1.82) is 0 Å². The normalized spacial score (nSPS) is 18.0. The summed E-state index contributed by atoms with van der Waals surface area (Å²) in [4.78, 5) is 10.3. The van der Waals surface area contributed by atoms with Gasteiger partial charge in [-0.2, -0.15) is 0 Å². The Kier molecular flexibility index (Phi) is 9.78. The van der Waals surface area contributed by atoms with Crippen LogP contribution in [0.4, 0.5) is 0 Å². The fourth-order valence-corrected chi connectivity index (χ4v) is 6.18. The van der Waals surface area contributed by atoms with Crippen molar-refractivity contribution in [3.05, 3.63) is 59.4 Å². The first-order valence-corrected chi connectivity index (χ1v) is 14.9. The van der Waals surface area contributed by atoms with E-state index in [1.165, 1.54) is 103 Å². The van der Waals surface area contributed by atoms with E-state index in [0.29, 0.717) is 6.61 Å². The minimum absolute atomic E-state index is 0.465. The van der Waals surface area contributed by atoms with E-state index in [1.54, 1.807) is 0 Å². The minimum Gasteiger partial charge on any atom is -0.486 e. The zero-order chi connectivity index (χ0) is 25.3. The van der Waals surface area contributed by atoms with Gasteiger partial charge in [0.15, 0.2) is 0 Å². The Hall–Kier alpha value is -2.08. The molecule has 0 bridgehead atoms. The summed E-state index contributed by atoms with van der Waals surface area (Å²) in [5.41, 5.74) is 2.25. The highest BCUT2D eigenvalue weighted by Gasteiger charge is 2.19. The highest BCUT2D eigenvalue weighted by atomic mass is 35.5. The molecule has 3 aromatic rings. The SMILES string of the molecule is Clc1ccc(OCc2nc3ccccc3n2CCCC2CCN(CCCCN3CCCCC3)CC2)cc1. The second kappa shape index (κ2) is 13.6. The number of para-hydroxylation sites is 2. The van der Waals surface area contributed by atoms with Crippen LogP contribution in [0.2, 0.25) is 5.02 Å². The Labute approximate surface area is 227 Å². The first-order chi connectivity index (χ1) is 18.2. The van der Waals surface area contributed by atoms with Gasteiger partial charge in [-0.05, 0) is 133 Å². The number of benzene rings is 2. The number of piperidine rings is 2. The number of hydrogen-bond donors (Lipinski definition) is 0. The van der Waals surface area contributed by atoms with Crippen LogP contribution in [0, 0.1) is 5.92 Å². The molecular weight excluding hydrogens is 480 g/mol. The number of halogens is 1. The number of unbranched alkanes of at least 4 members (excludes halogenated alkanes) is 1. The molecule has 2 saturated heterocycles. The van der Waals surface area contributed by atoms with Gasteiger partial charge in [0.05, 0.1) is 11.0 Å². The molecule has 6 heteroatoms. The zero-order valence-corrected chi connectivity index (χ0v) is 23.0. The van der Waals surface area contributed by atoms with Crippen molar-refractivity contribution in [2.24, 2.45) is 5.92 Å². The van der Waals surface area contributed by atoms with Crippen LogP contribution in [-0.2, 0) is 13.2 Å². The van der Waals surface area contributed by atoms with Gasteiger partial charge >= 0.3 is 0 Å². The third kappa shape index (κ3) is 7.72. The van der Waals surface area contributed by atoms with E-state index in [1.807, 2.05) is 24.3 Å². The van der Waals surface area contributed by atoms with Gasteiger partial charge in [-0.1, -0.05) is 30.2 Å². The van der Waals surface area contributed by atoms with Gasteiger partial charge in [0.2, 0.25) is 0 Å². The van der Waals surface area contributed by atoms with Crippen molar-refractivity contribution in [2.45, 2.75) is 70.9 Å². The van der Waals surface area contributed by atoms with Gasteiger partial charge in [0, 0.05) is 11.6 Å². The van der Waals surface area contributed by atoms with Crippen molar-refractivity contribution < 1.29 is 4.74 Å². The van der Waals surface area contributed by atoms with Gasteiger partial charge in [-0.15, -0.1) is 0 Å². The number of nitrogens with zero attached hydrogens (tertiary/aromatic N) is 4. The molecule has 0 saturated carbocycles. The van der Waals surface area contributed by atoms with E-state index >= 15 is 0 Å². The summed E-state index contributed by atoms with van der Waals surface area (Å²) in [6.07, 6.45) is 12.2. The van der Waals surface area contributed by atoms with Crippen molar-refractivity contribution in [3.8, 4) is 5.75 Å². The van der Waals surface area contributed by atoms with Crippen LogP contribution < -0.4 is 4.74 Å². The highest BCUT2D eigenvalue weighted by molar-refractivity contribution is 6.30. The van der Waals surface area contributed by atoms with Crippen LogP contribution >= 0.6 is 11.6 Å². The summed E-state index contributed by atoms with van der Waals surface area (Å²) in [6, 6.07) is 16.0. The molecular formula is C31H43ClN4O. The number of aromatic nitrogens is 2. The fraction of sp³-hybridized carbons (Fsp3) is 0.581. The lowest BCUT2D eigenvalue weighted by Crippen LogP contribution is -2.35. The number of likely N-dealkylation sites (tertiary alicyclic amines) is 2. The summed E-state index contributed by atoms with van der Waals surface area (Å²) >= 11 is 6.02. The first kappa shape index (κ1) is 26.5. The molecule has 0 aliphatic carbocycles. The number of ether oxygens (including phenoxy) is 1. The summed E-state index contributed by atoms with van der Waals surface area (Å²) in [5, 5.41) is 0.721. The van der Waals surface area contributed by atoms with Crippen LogP contribution in [0.15, 0.2) is 48.5 Å². The standard InChI is InChI=1S/C31H43ClN4O/c32-27-12-14-28(15-13-27)37-25-31-33-29-10-2-3-11-30(29)36(31)22-8-9-26-16-23-35(24-17-26)21-7-6-20-34-18-4-1-5-19-34/h2-3,10-15,26H,1,4-9,16-25H2. The lowest BCUT2D eigenvalue weighted by atomic mass is 9.92. The van der Waals surface area contributed by atoms with Gasteiger partial charge in [-0.3, -0.25) is 0 Å². The number of aryl methyl sites for hydroxylation is 1. The van der Waals surface area contributed by atoms with Gasteiger partial charge in [-0.25, -0.2) is 4.98 Å². The number of fused-ring (bicyclic) bond motifs is 1. The third-order valence-corrected chi connectivity index (χ3v) is 8.52. The maximum Gasteiger partial charge on any atom is 0.147 e. The maximum atomic E-state index is 6.05. The molecule has 2 aromatic carbocycles. The molecule has 1 aromatic heterocycles. The average molecular weight is 523 g/mol. The van der Waals surface area contributed by atoms with Crippen molar-refractivity contribution in [3.63, 3.8) is 0 Å². The lowest BCUT2D eigenvalue weighted by Gasteiger charge is -2.32. The lowest BCUT2D eigenvalue weighted by molar-refractivity contribution is 0.168. The molecule has 37 heavy (non-hydrogen) atoms. The molecule has 3 heterocycles. The van der Waals surface area contributed by atoms with E-state index in [2.05, 4.69) is 38.6 Å². The molecule has 0 N–H and O–H groups in total. The third-order valence-electron chi connectivity index (χ3n) is 8.26. The Morgan fingerprint density at radius 1 is 0.784 bits per heavy atom. The summed E-state index contributed by atoms with van der Waals surface area (Å²) in [6.45, 7) is 9.28. The van der Waals surface area contributed by atoms with Gasteiger partial charge in [0.25, 0.3) is 0 Å². The van der Waals surface area contributed by atoms with Crippen molar-refractivity contribution >= 4 is 22.6 Å². The summed E-state index contributed by atoms with van der Waals surface area (Å²) in [5.74, 6) is 2.67. The molecule has 0 radical (unpaired) electrons. The zero-order valence-electron chi connectivity index (χ0n) is 22.3. The van der Waals surface area contributed by atoms with Crippen LogP contribution in [0.5, 0.6) is 5.75 Å². The Balaban J connectivity index is 1.05. The van der Waals surface area contributed by atoms with E-state index in [9.17, 15) is 0 Å². The monoisotopic (exact) mass is 522 g/mol. The second-order valence-corrected chi connectivity index (χ2v) is 11.4. The van der Waals surface area contributed by atoms with Gasteiger partial charge in [0.1, 0.15) is 18.2 Å². The smallest absolute Gasteiger partial charge is 0.147 e. The predicted molar refractivity (Wildman–Crippen MR) is 153 cm³/mol. The second-order valence-electron chi connectivity index (χ2n) is 10.9. The predicted octanol–water partition coefficient (Wildman–Crippen LogP) is 7.03. The molecule has 0 amide bonds. The van der Waals surface area contributed by atoms with Gasteiger partial charge < -0.3 is 19.1 Å². The molecule has 2 fully saturated rings. The molecule has 0 atom stereocenters. The van der Waals surface area contributed by atoms with E-state index in [-0.39, 0.29) is 0 Å². The topological polar surface area (TPSA) is 33.5 Å². The number of imidazole rings is 1. The molecule has 2 aliphatic heterocycles. The Morgan fingerprint density at radius 3 is 2.24 bits per heavy atom. The largest absolute Gasteiger partial charge is 0.486 e. The van der Waals surface area contributed by atoms with E-state index < -0.39 is 0 Å². The molecule has 0 unspecified atom stereocenters. The number of rotatable bonds is 12. The molecule has 5 nitrogen and oxygen atoms in total. The summed E-state index contributed by atoms with van der Waals surface area (Å²) < 4.78 is 8.41. The molecule has 2 aliphatic rings. The number of hydrogen-bond acceptors (Lipinski definition) is 4. The van der Waals surface area contributed by atoms with E-state index in [4.69, 9.17) is 21.3 Å². The Bertz CT molecular complexity index is 1080. The quantitative estimate of drug-likeness (QED) is 0.239. The van der Waals surface area contributed by atoms with Crippen molar-refractivity contribution in [1.82, 2.24) is 19.4 Å². The fourth-order valence-electron chi connectivity index (χ4n) is 6.05. The highest BCUT2D eigenvalue weighted by Crippen LogP contribution is 2.25. The molecule has 5 rings (SSSR count). The van der Waals surface area contributed by atoms with Crippen LogP contribution in [0.3, 0.4) is 0 Å².